The Balaban J connectivity index is 1.89. The number of hydrogen-bond acceptors (Lipinski definition) is 5. The van der Waals surface area contributed by atoms with Crippen LogP contribution in [0.5, 0.6) is 0 Å². The summed E-state index contributed by atoms with van der Waals surface area (Å²) in [5.74, 6) is -1.33. The highest BCUT2D eigenvalue weighted by Gasteiger charge is 2.13. The number of ether oxygens (including phenoxy) is 1. The van der Waals surface area contributed by atoms with E-state index in [1.54, 1.807) is 28.9 Å². The Morgan fingerprint density at radius 3 is 2.42 bits per heavy atom. The molecule has 0 fully saturated rings. The van der Waals surface area contributed by atoms with Crippen LogP contribution in [-0.4, -0.2) is 40.8 Å². The lowest BCUT2D eigenvalue weighted by molar-refractivity contribution is -0.123. The zero-order valence-electron chi connectivity index (χ0n) is 15.0. The number of aryl methyl sites for hydroxylation is 2. The summed E-state index contributed by atoms with van der Waals surface area (Å²) in [7, 11) is 0. The molecule has 26 heavy (non-hydrogen) atoms. The number of nitrogens with one attached hydrogen (secondary N) is 2. The lowest BCUT2D eigenvalue weighted by Gasteiger charge is -2.08. The number of imide groups is 1. The molecule has 0 atom stereocenters. The highest BCUT2D eigenvalue weighted by atomic mass is 16.5. The van der Waals surface area contributed by atoms with Gasteiger partial charge in [0.2, 0.25) is 0 Å². The van der Waals surface area contributed by atoms with Crippen molar-refractivity contribution in [3.63, 3.8) is 0 Å². The van der Waals surface area contributed by atoms with Gasteiger partial charge in [-0.1, -0.05) is 6.92 Å². The van der Waals surface area contributed by atoms with Gasteiger partial charge in [-0.3, -0.25) is 10.1 Å². The van der Waals surface area contributed by atoms with Crippen LogP contribution in [0.3, 0.4) is 0 Å². The van der Waals surface area contributed by atoms with Crippen molar-refractivity contribution in [2.24, 2.45) is 0 Å². The minimum absolute atomic E-state index is 0.304. The van der Waals surface area contributed by atoms with E-state index in [-0.39, 0.29) is 0 Å². The summed E-state index contributed by atoms with van der Waals surface area (Å²) in [6.07, 6.45) is 0.754. The Hall–Kier alpha value is -3.16. The summed E-state index contributed by atoms with van der Waals surface area (Å²) in [5.41, 5.74) is 3.01. The molecule has 0 saturated carbocycles. The van der Waals surface area contributed by atoms with E-state index in [4.69, 9.17) is 4.74 Å². The smallest absolute Gasteiger partial charge is 0.338 e. The van der Waals surface area contributed by atoms with Crippen molar-refractivity contribution in [3.05, 3.63) is 47.3 Å². The fraction of sp³-hybridized carbons (Fsp3) is 0.333. The first-order valence-corrected chi connectivity index (χ1v) is 8.29. The van der Waals surface area contributed by atoms with Crippen LogP contribution >= 0.6 is 0 Å². The molecule has 8 heteroatoms. The Morgan fingerprint density at radius 1 is 1.15 bits per heavy atom. The Bertz CT molecular complexity index is 796. The second-order valence-electron chi connectivity index (χ2n) is 5.77. The number of esters is 1. The lowest BCUT2D eigenvalue weighted by atomic mass is 10.2. The van der Waals surface area contributed by atoms with Gasteiger partial charge < -0.3 is 10.1 Å². The molecule has 2 N–H and O–H groups in total. The maximum Gasteiger partial charge on any atom is 0.338 e. The molecule has 0 aliphatic carbocycles. The molecule has 0 bridgehead atoms. The Morgan fingerprint density at radius 2 is 1.85 bits per heavy atom. The van der Waals surface area contributed by atoms with Gasteiger partial charge in [0.15, 0.2) is 6.61 Å². The van der Waals surface area contributed by atoms with Gasteiger partial charge >= 0.3 is 12.0 Å². The summed E-state index contributed by atoms with van der Waals surface area (Å²) >= 11 is 0. The van der Waals surface area contributed by atoms with Gasteiger partial charge in [-0.15, -0.1) is 0 Å². The number of rotatable bonds is 6. The van der Waals surface area contributed by atoms with Crippen LogP contribution in [-0.2, 0) is 9.53 Å². The zero-order chi connectivity index (χ0) is 19.1. The average molecular weight is 358 g/mol. The molecule has 1 aromatic carbocycles. The number of benzene rings is 1. The summed E-state index contributed by atoms with van der Waals surface area (Å²) in [4.78, 5) is 34.9. The first-order valence-electron chi connectivity index (χ1n) is 8.29. The molecule has 0 aliphatic rings. The van der Waals surface area contributed by atoms with E-state index < -0.39 is 24.5 Å². The SMILES string of the molecule is CCCNC(=O)NC(=O)COC(=O)c1ccc(-n2nc(C)cc2C)cc1. The summed E-state index contributed by atoms with van der Waals surface area (Å²) in [6, 6.07) is 8.03. The van der Waals surface area contributed by atoms with E-state index in [0.717, 1.165) is 23.5 Å². The van der Waals surface area contributed by atoms with E-state index in [0.29, 0.717) is 12.1 Å². The second kappa shape index (κ2) is 8.80. The van der Waals surface area contributed by atoms with Crippen molar-refractivity contribution >= 4 is 17.9 Å². The molecule has 3 amide bonds. The fourth-order valence-electron chi connectivity index (χ4n) is 2.29. The summed E-state index contributed by atoms with van der Waals surface area (Å²) in [5, 5.41) is 8.95. The van der Waals surface area contributed by atoms with Crippen molar-refractivity contribution < 1.29 is 19.1 Å². The lowest BCUT2D eigenvalue weighted by Crippen LogP contribution is -2.41. The van der Waals surface area contributed by atoms with Crippen LogP contribution in [0.15, 0.2) is 30.3 Å². The highest BCUT2D eigenvalue weighted by Crippen LogP contribution is 2.13. The number of hydrogen-bond donors (Lipinski definition) is 2. The van der Waals surface area contributed by atoms with Crippen LogP contribution in [0.1, 0.15) is 35.1 Å². The quantitative estimate of drug-likeness (QED) is 0.768. The standard InChI is InChI=1S/C18H22N4O4/c1-4-9-19-18(25)20-16(23)11-26-17(24)14-5-7-15(8-6-14)22-13(3)10-12(2)21-22/h5-8,10H,4,9,11H2,1-3H3,(H2,19,20,23,25). The van der Waals surface area contributed by atoms with Crippen LogP contribution in [0.25, 0.3) is 5.69 Å². The minimum atomic E-state index is -0.689. The molecule has 2 rings (SSSR count). The average Bonchev–Trinajstić information content (AvgIpc) is 2.96. The van der Waals surface area contributed by atoms with Gasteiger partial charge in [0.05, 0.1) is 16.9 Å². The highest BCUT2D eigenvalue weighted by molar-refractivity contribution is 5.97. The number of carbonyl (C=O) groups is 3. The van der Waals surface area contributed by atoms with Crippen molar-refractivity contribution in [2.75, 3.05) is 13.2 Å². The van der Waals surface area contributed by atoms with Gasteiger partial charge in [0, 0.05) is 12.2 Å². The van der Waals surface area contributed by atoms with Crippen LogP contribution in [0, 0.1) is 13.8 Å². The first-order chi connectivity index (χ1) is 12.4. The van der Waals surface area contributed by atoms with Crippen molar-refractivity contribution in [1.29, 1.82) is 0 Å². The summed E-state index contributed by atoms with van der Waals surface area (Å²) in [6.45, 7) is 5.67. The van der Waals surface area contributed by atoms with Crippen LogP contribution in [0.4, 0.5) is 4.79 Å². The molecule has 0 unspecified atom stereocenters. The largest absolute Gasteiger partial charge is 0.452 e. The predicted molar refractivity (Wildman–Crippen MR) is 95.2 cm³/mol. The van der Waals surface area contributed by atoms with E-state index in [1.165, 1.54) is 0 Å². The number of urea groups is 1. The fourth-order valence-corrected chi connectivity index (χ4v) is 2.29. The Kier molecular flexibility index (Phi) is 6.48. The number of amides is 3. The molecule has 0 radical (unpaired) electrons. The number of nitrogens with zero attached hydrogens (tertiary/aromatic N) is 2. The molecule has 0 spiro atoms. The van der Waals surface area contributed by atoms with Gasteiger partial charge in [-0.25, -0.2) is 14.3 Å². The maximum atomic E-state index is 12.0. The van der Waals surface area contributed by atoms with Gasteiger partial charge in [-0.2, -0.15) is 5.10 Å². The van der Waals surface area contributed by atoms with Gasteiger partial charge in [-0.05, 0) is 50.6 Å². The topological polar surface area (TPSA) is 102 Å². The molecule has 0 aliphatic heterocycles. The van der Waals surface area contributed by atoms with Crippen molar-refractivity contribution in [1.82, 2.24) is 20.4 Å². The molecule has 1 aromatic heterocycles. The molecular formula is C18H22N4O4. The third kappa shape index (κ3) is 5.17. The predicted octanol–water partition coefficient (Wildman–Crippen LogP) is 1.88. The molecule has 2 aromatic rings. The Labute approximate surface area is 151 Å². The normalized spacial score (nSPS) is 10.3. The third-order valence-corrected chi connectivity index (χ3v) is 3.48. The van der Waals surface area contributed by atoms with Crippen LogP contribution < -0.4 is 10.6 Å². The molecule has 1 heterocycles. The number of carbonyl (C=O) groups excluding carboxylic acids is 3. The van der Waals surface area contributed by atoms with E-state index in [9.17, 15) is 14.4 Å². The minimum Gasteiger partial charge on any atom is -0.452 e. The molecule has 138 valence electrons. The monoisotopic (exact) mass is 358 g/mol. The molecule has 8 nitrogen and oxygen atoms in total. The zero-order valence-corrected chi connectivity index (χ0v) is 15.0. The van der Waals surface area contributed by atoms with Crippen LogP contribution in [0.2, 0.25) is 0 Å². The third-order valence-electron chi connectivity index (χ3n) is 3.48. The van der Waals surface area contributed by atoms with Crippen molar-refractivity contribution in [2.45, 2.75) is 27.2 Å². The molecular weight excluding hydrogens is 336 g/mol. The van der Waals surface area contributed by atoms with Gasteiger partial charge in [0.1, 0.15) is 0 Å². The first kappa shape index (κ1) is 19.2. The summed E-state index contributed by atoms with van der Waals surface area (Å²) < 4.78 is 6.69. The van der Waals surface area contributed by atoms with Gasteiger partial charge in [0.25, 0.3) is 5.91 Å². The van der Waals surface area contributed by atoms with E-state index >= 15 is 0 Å². The second-order valence-corrected chi connectivity index (χ2v) is 5.77. The van der Waals surface area contributed by atoms with Crippen molar-refractivity contribution in [3.8, 4) is 5.69 Å². The van der Waals surface area contributed by atoms with E-state index in [2.05, 4.69) is 15.7 Å². The van der Waals surface area contributed by atoms with E-state index in [1.807, 2.05) is 26.8 Å². The molecule has 0 saturated heterocycles. The maximum absolute atomic E-state index is 12.0. The number of aromatic nitrogens is 2.